The Morgan fingerprint density at radius 3 is 2.67 bits per heavy atom. The van der Waals surface area contributed by atoms with E-state index in [2.05, 4.69) is 9.72 Å². The number of β-amino-alcohol motifs (C(OH)–C–C–N with tert-alkyl or cyclic N) is 1. The Hall–Kier alpha value is -2.15. The molecule has 1 amide bonds. The van der Waals surface area contributed by atoms with Crippen LogP contribution >= 0.6 is 0 Å². The van der Waals surface area contributed by atoms with Gasteiger partial charge in [0.1, 0.15) is 11.9 Å². The van der Waals surface area contributed by atoms with Crippen molar-refractivity contribution < 1.29 is 19.4 Å². The maximum Gasteiger partial charge on any atom is 0.328 e. The van der Waals surface area contributed by atoms with E-state index >= 15 is 0 Å². The zero-order valence-corrected chi connectivity index (χ0v) is 12.3. The number of carbonyl (C=O) groups is 2. The number of esters is 1. The maximum atomic E-state index is 12.5. The van der Waals surface area contributed by atoms with Gasteiger partial charge < -0.3 is 19.6 Å². The van der Waals surface area contributed by atoms with Crippen molar-refractivity contribution >= 4 is 17.7 Å². The van der Waals surface area contributed by atoms with E-state index in [1.807, 2.05) is 19.0 Å². The van der Waals surface area contributed by atoms with Crippen LogP contribution in [0.4, 0.5) is 5.82 Å². The van der Waals surface area contributed by atoms with Crippen LogP contribution in [0, 0.1) is 0 Å². The smallest absolute Gasteiger partial charge is 0.328 e. The van der Waals surface area contributed by atoms with Crippen LogP contribution in [0.25, 0.3) is 0 Å². The molecule has 1 fully saturated rings. The number of hydrogen-bond acceptors (Lipinski definition) is 6. The van der Waals surface area contributed by atoms with Gasteiger partial charge in [-0.25, -0.2) is 9.78 Å². The average Bonchev–Trinajstić information content (AvgIpc) is 2.87. The van der Waals surface area contributed by atoms with Crippen LogP contribution in [0.3, 0.4) is 0 Å². The second kappa shape index (κ2) is 6.09. The SMILES string of the molecule is COC(=O)C1CC(O)CN1C(=O)c1ccc(N(C)C)nc1. The number of ether oxygens (including phenoxy) is 1. The number of likely N-dealkylation sites (tertiary alicyclic amines) is 1. The predicted octanol–water partition coefficient (Wildman–Crippen LogP) is -0.104. The zero-order valence-electron chi connectivity index (χ0n) is 12.3. The molecule has 1 aliphatic heterocycles. The lowest BCUT2D eigenvalue weighted by molar-refractivity contribution is -0.145. The highest BCUT2D eigenvalue weighted by molar-refractivity contribution is 5.97. The van der Waals surface area contributed by atoms with E-state index in [1.54, 1.807) is 12.1 Å². The Morgan fingerprint density at radius 1 is 1.43 bits per heavy atom. The molecular formula is C14H19N3O4. The van der Waals surface area contributed by atoms with Gasteiger partial charge >= 0.3 is 5.97 Å². The van der Waals surface area contributed by atoms with Gasteiger partial charge in [-0.2, -0.15) is 0 Å². The molecular weight excluding hydrogens is 274 g/mol. The molecule has 114 valence electrons. The van der Waals surface area contributed by atoms with Crippen LogP contribution in [0.2, 0.25) is 0 Å². The molecule has 1 aromatic heterocycles. The fourth-order valence-corrected chi connectivity index (χ4v) is 2.34. The molecule has 0 spiro atoms. The maximum absolute atomic E-state index is 12.5. The first-order valence-corrected chi connectivity index (χ1v) is 6.64. The number of anilines is 1. The van der Waals surface area contributed by atoms with E-state index < -0.39 is 18.1 Å². The Labute approximate surface area is 123 Å². The van der Waals surface area contributed by atoms with E-state index in [1.165, 1.54) is 18.2 Å². The summed E-state index contributed by atoms with van der Waals surface area (Å²) >= 11 is 0. The highest BCUT2D eigenvalue weighted by atomic mass is 16.5. The number of aromatic nitrogens is 1. The minimum atomic E-state index is -0.744. The van der Waals surface area contributed by atoms with Gasteiger partial charge in [0, 0.05) is 33.3 Å². The molecule has 2 heterocycles. The molecule has 1 saturated heterocycles. The highest BCUT2D eigenvalue weighted by Crippen LogP contribution is 2.22. The second-order valence-electron chi connectivity index (χ2n) is 5.19. The first-order valence-electron chi connectivity index (χ1n) is 6.64. The predicted molar refractivity (Wildman–Crippen MR) is 76.0 cm³/mol. The number of nitrogens with zero attached hydrogens (tertiary/aromatic N) is 3. The van der Waals surface area contributed by atoms with Gasteiger partial charge in [0.25, 0.3) is 5.91 Å². The molecule has 0 radical (unpaired) electrons. The Bertz CT molecular complexity index is 530. The molecule has 2 unspecified atom stereocenters. The van der Waals surface area contributed by atoms with Gasteiger partial charge in [-0.3, -0.25) is 4.79 Å². The summed E-state index contributed by atoms with van der Waals surface area (Å²) in [6, 6.07) is 2.64. The lowest BCUT2D eigenvalue weighted by Gasteiger charge is -2.22. The number of methoxy groups -OCH3 is 1. The number of aliphatic hydroxyl groups excluding tert-OH is 1. The molecule has 0 aliphatic carbocycles. The normalized spacial score (nSPS) is 21.2. The van der Waals surface area contributed by atoms with Crippen LogP contribution in [0.5, 0.6) is 0 Å². The van der Waals surface area contributed by atoms with Gasteiger partial charge in [-0.1, -0.05) is 0 Å². The first-order chi connectivity index (χ1) is 9.93. The van der Waals surface area contributed by atoms with E-state index in [-0.39, 0.29) is 18.9 Å². The topological polar surface area (TPSA) is 83.0 Å². The third-order valence-electron chi connectivity index (χ3n) is 3.47. The number of pyridine rings is 1. The van der Waals surface area contributed by atoms with Crippen molar-refractivity contribution in [2.45, 2.75) is 18.6 Å². The van der Waals surface area contributed by atoms with Crippen molar-refractivity contribution in [1.29, 1.82) is 0 Å². The lowest BCUT2D eigenvalue weighted by Crippen LogP contribution is -2.41. The molecule has 7 nitrogen and oxygen atoms in total. The Morgan fingerprint density at radius 2 is 2.14 bits per heavy atom. The minimum Gasteiger partial charge on any atom is -0.467 e. The fraction of sp³-hybridized carbons (Fsp3) is 0.500. The van der Waals surface area contributed by atoms with E-state index in [0.29, 0.717) is 5.56 Å². The molecule has 0 saturated carbocycles. The standard InChI is InChI=1S/C14H19N3O4/c1-16(2)12-5-4-9(7-15-12)13(19)17-8-10(18)6-11(17)14(20)21-3/h4-5,7,10-11,18H,6,8H2,1-3H3. The van der Waals surface area contributed by atoms with E-state index in [0.717, 1.165) is 5.82 Å². The summed E-state index contributed by atoms with van der Waals surface area (Å²) in [5, 5.41) is 9.70. The van der Waals surface area contributed by atoms with Crippen LogP contribution in [0.15, 0.2) is 18.3 Å². The summed E-state index contributed by atoms with van der Waals surface area (Å²) in [5.74, 6) is -0.116. The van der Waals surface area contributed by atoms with Gasteiger partial charge in [0.2, 0.25) is 0 Å². The zero-order chi connectivity index (χ0) is 15.6. The molecule has 0 bridgehead atoms. The number of hydrogen-bond donors (Lipinski definition) is 1. The Kier molecular flexibility index (Phi) is 4.42. The lowest BCUT2D eigenvalue weighted by atomic mass is 10.2. The van der Waals surface area contributed by atoms with Gasteiger partial charge in [0.15, 0.2) is 0 Å². The van der Waals surface area contributed by atoms with Gasteiger partial charge in [-0.05, 0) is 12.1 Å². The van der Waals surface area contributed by atoms with Crippen molar-refractivity contribution in [3.05, 3.63) is 23.9 Å². The summed E-state index contributed by atoms with van der Waals surface area (Å²) in [7, 11) is 4.98. The third kappa shape index (κ3) is 3.13. The van der Waals surface area contributed by atoms with Crippen LogP contribution < -0.4 is 4.90 Å². The van der Waals surface area contributed by atoms with Crippen molar-refractivity contribution in [3.63, 3.8) is 0 Å². The van der Waals surface area contributed by atoms with Crippen LogP contribution in [-0.4, -0.2) is 66.8 Å². The van der Waals surface area contributed by atoms with Crippen molar-refractivity contribution in [2.24, 2.45) is 0 Å². The van der Waals surface area contributed by atoms with Crippen molar-refractivity contribution in [3.8, 4) is 0 Å². The summed E-state index contributed by atoms with van der Waals surface area (Å²) in [6.07, 6.45) is 0.949. The third-order valence-corrected chi connectivity index (χ3v) is 3.47. The van der Waals surface area contributed by atoms with Crippen molar-refractivity contribution in [2.75, 3.05) is 32.6 Å². The van der Waals surface area contributed by atoms with Crippen LogP contribution in [0.1, 0.15) is 16.8 Å². The molecule has 21 heavy (non-hydrogen) atoms. The average molecular weight is 293 g/mol. The largest absolute Gasteiger partial charge is 0.467 e. The molecule has 2 rings (SSSR count). The molecule has 1 aromatic rings. The Balaban J connectivity index is 2.19. The summed E-state index contributed by atoms with van der Waals surface area (Å²) in [5.41, 5.74) is 0.378. The quantitative estimate of drug-likeness (QED) is 0.783. The van der Waals surface area contributed by atoms with Gasteiger partial charge in [-0.15, -0.1) is 0 Å². The van der Waals surface area contributed by atoms with Crippen LogP contribution in [-0.2, 0) is 9.53 Å². The second-order valence-corrected chi connectivity index (χ2v) is 5.19. The number of aliphatic hydroxyl groups is 1. The molecule has 7 heteroatoms. The summed E-state index contributed by atoms with van der Waals surface area (Å²) in [4.78, 5) is 31.5. The summed E-state index contributed by atoms with van der Waals surface area (Å²) in [6.45, 7) is 0.119. The summed E-state index contributed by atoms with van der Waals surface area (Å²) < 4.78 is 4.68. The first kappa shape index (κ1) is 15.2. The number of amides is 1. The minimum absolute atomic E-state index is 0.119. The van der Waals surface area contributed by atoms with Crippen molar-refractivity contribution in [1.82, 2.24) is 9.88 Å². The van der Waals surface area contributed by atoms with E-state index in [4.69, 9.17) is 0 Å². The molecule has 2 atom stereocenters. The molecule has 0 aromatic carbocycles. The fourth-order valence-electron chi connectivity index (χ4n) is 2.34. The van der Waals surface area contributed by atoms with E-state index in [9.17, 15) is 14.7 Å². The highest BCUT2D eigenvalue weighted by Gasteiger charge is 2.39. The molecule has 1 N–H and O–H groups in total. The molecule has 1 aliphatic rings. The monoisotopic (exact) mass is 293 g/mol. The number of carbonyl (C=O) groups excluding carboxylic acids is 2. The van der Waals surface area contributed by atoms with Gasteiger partial charge in [0.05, 0.1) is 18.8 Å². The number of rotatable bonds is 3.